The molecule has 1 N–H and O–H groups in total. The Morgan fingerprint density at radius 1 is 1.19 bits per heavy atom. The molecule has 0 aliphatic carbocycles. The normalized spacial score (nSPS) is 10.8. The van der Waals surface area contributed by atoms with Gasteiger partial charge in [0.05, 0.1) is 22.3 Å². The number of thioether (sulfide) groups is 1. The van der Waals surface area contributed by atoms with E-state index in [0.29, 0.717) is 22.6 Å². The maximum atomic E-state index is 12.7. The molecule has 0 aliphatic rings. The maximum absolute atomic E-state index is 12.7. The summed E-state index contributed by atoms with van der Waals surface area (Å²) in [5.41, 5.74) is 1.39. The second kappa shape index (κ2) is 8.68. The zero-order chi connectivity index (χ0) is 18.5. The molecule has 0 atom stereocenters. The molecule has 0 fully saturated rings. The number of para-hydroxylation sites is 2. The van der Waals surface area contributed by atoms with Gasteiger partial charge >= 0.3 is 0 Å². The first-order chi connectivity index (χ1) is 12.6. The van der Waals surface area contributed by atoms with Crippen LogP contribution in [0.25, 0.3) is 10.9 Å². The number of carbonyl (C=O) groups excluding carboxylic acids is 1. The predicted molar refractivity (Wildman–Crippen MR) is 115 cm³/mol. The fourth-order valence-electron chi connectivity index (χ4n) is 2.56. The molecule has 1 amide bonds. The Morgan fingerprint density at radius 3 is 2.69 bits per heavy atom. The third kappa shape index (κ3) is 4.27. The molecule has 26 heavy (non-hydrogen) atoms. The Hall–Kier alpha value is -1.87. The second-order valence-corrected chi connectivity index (χ2v) is 7.79. The summed E-state index contributed by atoms with van der Waals surface area (Å²) >= 11 is 3.47. The van der Waals surface area contributed by atoms with E-state index in [4.69, 9.17) is 0 Å². The van der Waals surface area contributed by atoms with Crippen molar-refractivity contribution in [3.63, 3.8) is 0 Å². The summed E-state index contributed by atoms with van der Waals surface area (Å²) in [6, 6.07) is 14.9. The molecule has 1 heterocycles. The lowest BCUT2D eigenvalue weighted by molar-refractivity contribution is -0.113. The van der Waals surface area contributed by atoms with Gasteiger partial charge in [-0.2, -0.15) is 0 Å². The molecule has 2 aromatic carbocycles. The van der Waals surface area contributed by atoms with E-state index in [-0.39, 0.29) is 17.2 Å². The van der Waals surface area contributed by atoms with Crippen LogP contribution in [-0.2, 0) is 11.3 Å². The minimum Gasteiger partial charge on any atom is -0.324 e. The van der Waals surface area contributed by atoms with Gasteiger partial charge in [-0.1, -0.05) is 43.0 Å². The van der Waals surface area contributed by atoms with Gasteiger partial charge in [0.15, 0.2) is 5.16 Å². The number of fused-ring (bicyclic) bond motifs is 1. The molecule has 1 aromatic heterocycles. The van der Waals surface area contributed by atoms with Gasteiger partial charge in [0, 0.05) is 10.1 Å². The van der Waals surface area contributed by atoms with Crippen LogP contribution in [0.3, 0.4) is 0 Å². The Morgan fingerprint density at radius 2 is 1.92 bits per heavy atom. The Labute approximate surface area is 169 Å². The van der Waals surface area contributed by atoms with Gasteiger partial charge in [-0.05, 0) is 53.3 Å². The van der Waals surface area contributed by atoms with E-state index in [0.717, 1.165) is 15.7 Å². The first-order valence-electron chi connectivity index (χ1n) is 8.27. The van der Waals surface area contributed by atoms with Crippen LogP contribution in [0.4, 0.5) is 5.69 Å². The summed E-state index contributed by atoms with van der Waals surface area (Å²) in [7, 11) is 0. The van der Waals surface area contributed by atoms with Crippen molar-refractivity contribution in [3.05, 3.63) is 62.5 Å². The highest BCUT2D eigenvalue weighted by Gasteiger charge is 2.13. The third-order valence-corrected chi connectivity index (χ3v) is 5.67. The number of hydrogen-bond donors (Lipinski definition) is 1. The van der Waals surface area contributed by atoms with E-state index in [1.807, 2.05) is 49.4 Å². The smallest absolute Gasteiger partial charge is 0.262 e. The molecule has 0 aliphatic heterocycles. The van der Waals surface area contributed by atoms with Crippen LogP contribution < -0.4 is 10.9 Å². The summed E-state index contributed by atoms with van der Waals surface area (Å²) in [6.45, 7) is 2.59. The van der Waals surface area contributed by atoms with Crippen molar-refractivity contribution in [3.8, 4) is 0 Å². The van der Waals surface area contributed by atoms with Crippen LogP contribution in [0.15, 0.2) is 58.5 Å². The number of hydrogen-bond acceptors (Lipinski definition) is 4. The van der Waals surface area contributed by atoms with E-state index in [1.165, 1.54) is 11.8 Å². The average Bonchev–Trinajstić information content (AvgIpc) is 2.64. The predicted octanol–water partition coefficient (Wildman–Crippen LogP) is 4.14. The van der Waals surface area contributed by atoms with Gasteiger partial charge in [0.2, 0.25) is 5.91 Å². The van der Waals surface area contributed by atoms with E-state index in [1.54, 1.807) is 10.6 Å². The van der Waals surface area contributed by atoms with Crippen LogP contribution in [0.2, 0.25) is 0 Å². The minimum absolute atomic E-state index is 0.0574. The van der Waals surface area contributed by atoms with Crippen LogP contribution >= 0.6 is 34.4 Å². The maximum Gasteiger partial charge on any atom is 0.262 e. The first kappa shape index (κ1) is 18.9. The Bertz CT molecular complexity index is 1000. The fourth-order valence-corrected chi connectivity index (χ4v) is 3.91. The van der Waals surface area contributed by atoms with Crippen LogP contribution in [-0.4, -0.2) is 21.2 Å². The van der Waals surface area contributed by atoms with Crippen LogP contribution in [0.5, 0.6) is 0 Å². The summed E-state index contributed by atoms with van der Waals surface area (Å²) in [6.07, 6.45) is 0.821. The summed E-state index contributed by atoms with van der Waals surface area (Å²) < 4.78 is 2.64. The highest BCUT2D eigenvalue weighted by Crippen LogP contribution is 2.20. The van der Waals surface area contributed by atoms with Crippen molar-refractivity contribution < 1.29 is 4.79 Å². The lowest BCUT2D eigenvalue weighted by Crippen LogP contribution is -2.24. The SMILES string of the molecule is CCCn1c(SCC(=O)Nc2ccccc2I)nc2ccccc2c1=O. The number of rotatable bonds is 6. The lowest BCUT2D eigenvalue weighted by atomic mass is 10.2. The van der Waals surface area contributed by atoms with Gasteiger partial charge in [0.1, 0.15) is 0 Å². The standard InChI is InChI=1S/C19H18IN3O2S/c1-2-11-23-18(25)13-7-3-5-9-15(13)22-19(23)26-12-17(24)21-16-10-6-4-8-14(16)20/h3-10H,2,11-12H2,1H3,(H,21,24). The Kier molecular flexibility index (Phi) is 6.31. The molecule has 3 rings (SSSR count). The van der Waals surface area contributed by atoms with Gasteiger partial charge in [-0.3, -0.25) is 14.2 Å². The van der Waals surface area contributed by atoms with Crippen molar-refractivity contribution in [2.45, 2.75) is 25.0 Å². The van der Waals surface area contributed by atoms with Crippen molar-refractivity contribution in [1.29, 1.82) is 0 Å². The number of nitrogens with zero attached hydrogens (tertiary/aromatic N) is 2. The van der Waals surface area contributed by atoms with Gasteiger partial charge in [0.25, 0.3) is 5.56 Å². The molecular formula is C19H18IN3O2S. The molecule has 3 aromatic rings. The Balaban J connectivity index is 1.81. The number of carbonyl (C=O) groups is 1. The molecule has 0 saturated heterocycles. The van der Waals surface area contributed by atoms with E-state index in [2.05, 4.69) is 32.9 Å². The van der Waals surface area contributed by atoms with Crippen molar-refractivity contribution in [1.82, 2.24) is 9.55 Å². The summed E-state index contributed by atoms with van der Waals surface area (Å²) in [4.78, 5) is 29.6. The van der Waals surface area contributed by atoms with E-state index in [9.17, 15) is 9.59 Å². The molecule has 0 saturated carbocycles. The number of halogens is 1. The quantitative estimate of drug-likeness (QED) is 0.328. The summed E-state index contributed by atoms with van der Waals surface area (Å²) in [5.74, 6) is 0.0732. The molecule has 0 bridgehead atoms. The lowest BCUT2D eigenvalue weighted by Gasteiger charge is -2.12. The number of benzene rings is 2. The van der Waals surface area contributed by atoms with Crippen LogP contribution in [0, 0.1) is 3.57 Å². The highest BCUT2D eigenvalue weighted by atomic mass is 127. The molecule has 5 nitrogen and oxygen atoms in total. The van der Waals surface area contributed by atoms with Gasteiger partial charge in [-0.25, -0.2) is 4.98 Å². The first-order valence-corrected chi connectivity index (χ1v) is 10.3. The van der Waals surface area contributed by atoms with Gasteiger partial charge in [-0.15, -0.1) is 0 Å². The molecule has 0 spiro atoms. The molecular weight excluding hydrogens is 461 g/mol. The zero-order valence-electron chi connectivity index (χ0n) is 14.2. The monoisotopic (exact) mass is 479 g/mol. The van der Waals surface area contributed by atoms with E-state index < -0.39 is 0 Å². The van der Waals surface area contributed by atoms with Gasteiger partial charge < -0.3 is 5.32 Å². The molecule has 0 unspecified atom stereocenters. The molecule has 134 valence electrons. The van der Waals surface area contributed by atoms with Crippen molar-refractivity contribution >= 4 is 56.9 Å². The third-order valence-electron chi connectivity index (χ3n) is 3.75. The van der Waals surface area contributed by atoms with Crippen LogP contribution in [0.1, 0.15) is 13.3 Å². The minimum atomic E-state index is -0.121. The fraction of sp³-hybridized carbons (Fsp3) is 0.211. The number of nitrogens with one attached hydrogen (secondary N) is 1. The number of aromatic nitrogens is 2. The molecule has 7 heteroatoms. The topological polar surface area (TPSA) is 64.0 Å². The van der Waals surface area contributed by atoms with Crippen molar-refractivity contribution in [2.24, 2.45) is 0 Å². The number of amides is 1. The largest absolute Gasteiger partial charge is 0.324 e. The summed E-state index contributed by atoms with van der Waals surface area (Å²) in [5, 5.41) is 4.08. The average molecular weight is 479 g/mol. The highest BCUT2D eigenvalue weighted by molar-refractivity contribution is 14.1. The van der Waals surface area contributed by atoms with Crippen molar-refractivity contribution in [2.75, 3.05) is 11.1 Å². The van der Waals surface area contributed by atoms with E-state index >= 15 is 0 Å². The zero-order valence-corrected chi connectivity index (χ0v) is 17.2. The molecule has 0 radical (unpaired) electrons. The second-order valence-electron chi connectivity index (χ2n) is 5.69. The number of anilines is 1.